The fourth-order valence-corrected chi connectivity index (χ4v) is 2.66. The zero-order valence-corrected chi connectivity index (χ0v) is 9.13. The lowest BCUT2D eigenvalue weighted by Gasteiger charge is -2.12. The third-order valence-corrected chi connectivity index (χ3v) is 3.66. The molecule has 2 aliphatic rings. The Labute approximate surface area is 87.4 Å². The van der Waals surface area contributed by atoms with Gasteiger partial charge in [0.1, 0.15) is 0 Å². The summed E-state index contributed by atoms with van der Waals surface area (Å²) in [5.41, 5.74) is 0. The standard InChI is InChI=1S/C12H23NO/c1-2-4-11(3-1)5-7-13-9-12-6-8-14-10-12/h11-13H,1-10H2. The molecule has 1 N–H and O–H groups in total. The largest absolute Gasteiger partial charge is 0.381 e. The first-order chi connectivity index (χ1) is 6.95. The summed E-state index contributed by atoms with van der Waals surface area (Å²) < 4.78 is 5.35. The molecule has 0 aromatic rings. The molecular formula is C12H23NO. The maximum atomic E-state index is 5.35. The van der Waals surface area contributed by atoms with Gasteiger partial charge in [-0.25, -0.2) is 0 Å². The van der Waals surface area contributed by atoms with Gasteiger partial charge < -0.3 is 10.1 Å². The van der Waals surface area contributed by atoms with Crippen LogP contribution in [0.3, 0.4) is 0 Å². The number of rotatable bonds is 5. The second kappa shape index (κ2) is 5.72. The van der Waals surface area contributed by atoms with Gasteiger partial charge in [0.25, 0.3) is 0 Å². The molecule has 0 bridgehead atoms. The molecule has 2 rings (SSSR count). The minimum atomic E-state index is 0.790. The van der Waals surface area contributed by atoms with Crippen molar-refractivity contribution in [2.24, 2.45) is 11.8 Å². The zero-order valence-electron chi connectivity index (χ0n) is 9.13. The van der Waals surface area contributed by atoms with E-state index in [0.717, 1.165) is 25.0 Å². The van der Waals surface area contributed by atoms with Gasteiger partial charge in [-0.2, -0.15) is 0 Å². The predicted molar refractivity (Wildman–Crippen MR) is 58.4 cm³/mol. The molecule has 1 aliphatic heterocycles. The highest BCUT2D eigenvalue weighted by molar-refractivity contribution is 4.70. The Morgan fingerprint density at radius 2 is 1.93 bits per heavy atom. The fraction of sp³-hybridized carbons (Fsp3) is 1.00. The van der Waals surface area contributed by atoms with Crippen LogP contribution in [0, 0.1) is 11.8 Å². The Bertz CT molecular complexity index is 130. The van der Waals surface area contributed by atoms with Crippen molar-refractivity contribution in [2.75, 3.05) is 26.3 Å². The number of hydrogen-bond donors (Lipinski definition) is 1. The van der Waals surface area contributed by atoms with Gasteiger partial charge in [0, 0.05) is 13.2 Å². The van der Waals surface area contributed by atoms with E-state index in [1.165, 1.54) is 51.6 Å². The summed E-state index contributed by atoms with van der Waals surface area (Å²) in [6.07, 6.45) is 8.56. The number of nitrogens with one attached hydrogen (secondary N) is 1. The molecule has 1 unspecified atom stereocenters. The minimum Gasteiger partial charge on any atom is -0.381 e. The molecule has 0 radical (unpaired) electrons. The van der Waals surface area contributed by atoms with Crippen LogP contribution in [0.4, 0.5) is 0 Å². The first-order valence-electron chi connectivity index (χ1n) is 6.23. The fourth-order valence-electron chi connectivity index (χ4n) is 2.66. The molecule has 0 spiro atoms. The molecule has 2 fully saturated rings. The highest BCUT2D eigenvalue weighted by Gasteiger charge is 2.16. The van der Waals surface area contributed by atoms with Crippen molar-refractivity contribution in [1.29, 1.82) is 0 Å². The van der Waals surface area contributed by atoms with E-state index in [1.54, 1.807) is 0 Å². The maximum Gasteiger partial charge on any atom is 0.0507 e. The van der Waals surface area contributed by atoms with Gasteiger partial charge in [0.15, 0.2) is 0 Å². The highest BCUT2D eigenvalue weighted by atomic mass is 16.5. The van der Waals surface area contributed by atoms with Crippen LogP contribution in [0.2, 0.25) is 0 Å². The Morgan fingerprint density at radius 3 is 2.64 bits per heavy atom. The summed E-state index contributed by atoms with van der Waals surface area (Å²) in [6, 6.07) is 0. The summed E-state index contributed by atoms with van der Waals surface area (Å²) in [5.74, 6) is 1.82. The van der Waals surface area contributed by atoms with Gasteiger partial charge >= 0.3 is 0 Å². The second-order valence-electron chi connectivity index (χ2n) is 4.87. The molecule has 0 amide bonds. The average Bonchev–Trinajstić information content (AvgIpc) is 2.86. The summed E-state index contributed by atoms with van der Waals surface area (Å²) in [6.45, 7) is 4.36. The average molecular weight is 197 g/mol. The topological polar surface area (TPSA) is 21.3 Å². The lowest BCUT2D eigenvalue weighted by molar-refractivity contribution is 0.185. The molecular weight excluding hydrogens is 174 g/mol. The van der Waals surface area contributed by atoms with Crippen LogP contribution < -0.4 is 5.32 Å². The molecule has 1 aliphatic carbocycles. The van der Waals surface area contributed by atoms with Crippen molar-refractivity contribution in [3.05, 3.63) is 0 Å². The van der Waals surface area contributed by atoms with Crippen LogP contribution in [0.5, 0.6) is 0 Å². The third-order valence-electron chi connectivity index (χ3n) is 3.66. The molecule has 1 heterocycles. The predicted octanol–water partition coefficient (Wildman–Crippen LogP) is 2.19. The van der Waals surface area contributed by atoms with Gasteiger partial charge in [-0.3, -0.25) is 0 Å². The van der Waals surface area contributed by atoms with Gasteiger partial charge in [-0.15, -0.1) is 0 Å². The van der Waals surface area contributed by atoms with Crippen molar-refractivity contribution in [3.8, 4) is 0 Å². The van der Waals surface area contributed by atoms with Crippen molar-refractivity contribution in [2.45, 2.75) is 38.5 Å². The van der Waals surface area contributed by atoms with E-state index in [2.05, 4.69) is 5.32 Å². The molecule has 0 aromatic carbocycles. The van der Waals surface area contributed by atoms with Crippen molar-refractivity contribution < 1.29 is 4.74 Å². The van der Waals surface area contributed by atoms with E-state index in [1.807, 2.05) is 0 Å². The SMILES string of the molecule is C1CCC(CCNCC2CCOC2)C1. The monoisotopic (exact) mass is 197 g/mol. The van der Waals surface area contributed by atoms with Gasteiger partial charge in [0.2, 0.25) is 0 Å². The molecule has 82 valence electrons. The summed E-state index contributed by atoms with van der Waals surface area (Å²) in [4.78, 5) is 0. The first-order valence-corrected chi connectivity index (χ1v) is 6.23. The second-order valence-corrected chi connectivity index (χ2v) is 4.87. The van der Waals surface area contributed by atoms with E-state index in [4.69, 9.17) is 4.74 Å². The van der Waals surface area contributed by atoms with E-state index in [-0.39, 0.29) is 0 Å². The molecule has 0 aromatic heterocycles. The van der Waals surface area contributed by atoms with Gasteiger partial charge in [-0.05, 0) is 31.2 Å². The Kier molecular flexibility index (Phi) is 4.26. The van der Waals surface area contributed by atoms with Crippen LogP contribution in [0.25, 0.3) is 0 Å². The van der Waals surface area contributed by atoms with Crippen molar-refractivity contribution in [3.63, 3.8) is 0 Å². The molecule has 14 heavy (non-hydrogen) atoms. The van der Waals surface area contributed by atoms with Crippen LogP contribution in [0.15, 0.2) is 0 Å². The molecule has 2 heteroatoms. The summed E-state index contributed by atoms with van der Waals surface area (Å²) in [5, 5.41) is 3.57. The van der Waals surface area contributed by atoms with Crippen LogP contribution >= 0.6 is 0 Å². The van der Waals surface area contributed by atoms with Gasteiger partial charge in [-0.1, -0.05) is 25.7 Å². The van der Waals surface area contributed by atoms with Crippen LogP contribution in [0.1, 0.15) is 38.5 Å². The molecule has 1 saturated carbocycles. The molecule has 2 nitrogen and oxygen atoms in total. The molecule has 1 saturated heterocycles. The van der Waals surface area contributed by atoms with E-state index < -0.39 is 0 Å². The summed E-state index contributed by atoms with van der Waals surface area (Å²) >= 11 is 0. The van der Waals surface area contributed by atoms with E-state index in [9.17, 15) is 0 Å². The molecule has 1 atom stereocenters. The maximum absolute atomic E-state index is 5.35. The number of ether oxygens (including phenoxy) is 1. The highest BCUT2D eigenvalue weighted by Crippen LogP contribution is 2.26. The normalized spacial score (nSPS) is 28.7. The van der Waals surface area contributed by atoms with Crippen molar-refractivity contribution >= 4 is 0 Å². The van der Waals surface area contributed by atoms with E-state index >= 15 is 0 Å². The third kappa shape index (κ3) is 3.25. The van der Waals surface area contributed by atoms with E-state index in [0.29, 0.717) is 0 Å². The lowest BCUT2D eigenvalue weighted by Crippen LogP contribution is -2.25. The van der Waals surface area contributed by atoms with Crippen molar-refractivity contribution in [1.82, 2.24) is 5.32 Å². The first kappa shape index (κ1) is 10.4. The Balaban J connectivity index is 1.46. The Morgan fingerprint density at radius 1 is 1.07 bits per heavy atom. The smallest absolute Gasteiger partial charge is 0.0507 e. The quantitative estimate of drug-likeness (QED) is 0.682. The van der Waals surface area contributed by atoms with Crippen LogP contribution in [-0.4, -0.2) is 26.3 Å². The lowest BCUT2D eigenvalue weighted by atomic mass is 10.0. The zero-order chi connectivity index (χ0) is 9.64. The summed E-state index contributed by atoms with van der Waals surface area (Å²) in [7, 11) is 0. The Hall–Kier alpha value is -0.0800. The van der Waals surface area contributed by atoms with Crippen LogP contribution in [-0.2, 0) is 4.74 Å². The minimum absolute atomic E-state index is 0.790. The van der Waals surface area contributed by atoms with Gasteiger partial charge in [0.05, 0.1) is 6.61 Å². The number of hydrogen-bond acceptors (Lipinski definition) is 2.